The monoisotopic (exact) mass is 282 g/mol. The molecule has 1 saturated heterocycles. The van der Waals surface area contributed by atoms with Crippen molar-refractivity contribution in [2.24, 2.45) is 11.8 Å². The van der Waals surface area contributed by atoms with Crippen LogP contribution >= 0.6 is 22.6 Å². The molecule has 2 heteroatoms. The third kappa shape index (κ3) is 2.34. The summed E-state index contributed by atoms with van der Waals surface area (Å²) < 4.78 is 6.64. The van der Waals surface area contributed by atoms with Crippen LogP contribution in [0.5, 0.6) is 0 Å². The van der Waals surface area contributed by atoms with Gasteiger partial charge in [-0.25, -0.2) is 0 Å². The van der Waals surface area contributed by atoms with Crippen LogP contribution < -0.4 is 0 Å². The van der Waals surface area contributed by atoms with E-state index in [1.54, 1.807) is 0 Å². The van der Waals surface area contributed by atoms with Gasteiger partial charge in [0.05, 0.1) is 6.10 Å². The average molecular weight is 282 g/mol. The van der Waals surface area contributed by atoms with E-state index in [1.165, 1.54) is 12.8 Å². The quantitative estimate of drug-likeness (QED) is 0.558. The van der Waals surface area contributed by atoms with Gasteiger partial charge in [0.15, 0.2) is 0 Å². The minimum atomic E-state index is 0.505. The van der Waals surface area contributed by atoms with E-state index in [4.69, 9.17) is 4.74 Å². The Morgan fingerprint density at radius 1 is 1.50 bits per heavy atom. The molecular weight excluding hydrogens is 263 g/mol. The van der Waals surface area contributed by atoms with Crippen molar-refractivity contribution < 1.29 is 4.74 Å². The predicted octanol–water partition coefficient (Wildman–Crippen LogP) is 3.26. The summed E-state index contributed by atoms with van der Waals surface area (Å²) in [5.74, 6) is 1.45. The first-order valence-corrected chi connectivity index (χ1v) is 6.17. The Balaban J connectivity index is 2.57. The molecule has 72 valence electrons. The molecule has 0 aliphatic carbocycles. The zero-order valence-corrected chi connectivity index (χ0v) is 10.4. The average Bonchev–Trinajstić information content (AvgIpc) is 2.03. The molecule has 0 saturated carbocycles. The highest BCUT2D eigenvalue weighted by Crippen LogP contribution is 2.33. The van der Waals surface area contributed by atoms with Gasteiger partial charge in [0.1, 0.15) is 0 Å². The van der Waals surface area contributed by atoms with Crippen LogP contribution in [0.15, 0.2) is 0 Å². The maximum atomic E-state index is 5.81. The molecule has 1 fully saturated rings. The smallest absolute Gasteiger partial charge is 0.0636 e. The van der Waals surface area contributed by atoms with Crippen molar-refractivity contribution in [3.63, 3.8) is 0 Å². The van der Waals surface area contributed by atoms with E-state index < -0.39 is 0 Å². The van der Waals surface area contributed by atoms with Gasteiger partial charge in [0.25, 0.3) is 0 Å². The molecule has 0 aromatic rings. The van der Waals surface area contributed by atoms with Gasteiger partial charge in [-0.1, -0.05) is 43.4 Å². The van der Waals surface area contributed by atoms with Gasteiger partial charge < -0.3 is 4.74 Å². The van der Waals surface area contributed by atoms with Gasteiger partial charge in [-0.15, -0.1) is 0 Å². The third-order valence-corrected chi connectivity index (χ3v) is 4.27. The second kappa shape index (κ2) is 4.80. The molecule has 0 aromatic carbocycles. The molecule has 0 radical (unpaired) electrons. The van der Waals surface area contributed by atoms with Crippen LogP contribution in [-0.2, 0) is 4.74 Å². The van der Waals surface area contributed by atoms with E-state index in [-0.39, 0.29) is 0 Å². The summed E-state index contributed by atoms with van der Waals surface area (Å²) in [5.41, 5.74) is 0. The fraction of sp³-hybridized carbons (Fsp3) is 1.00. The lowest BCUT2D eigenvalue weighted by Gasteiger charge is -2.37. The number of rotatable bonds is 2. The van der Waals surface area contributed by atoms with Crippen LogP contribution in [0.1, 0.15) is 33.6 Å². The Labute approximate surface area is 89.4 Å². The van der Waals surface area contributed by atoms with Crippen molar-refractivity contribution in [2.45, 2.75) is 43.6 Å². The minimum Gasteiger partial charge on any atom is -0.378 e. The van der Waals surface area contributed by atoms with Crippen molar-refractivity contribution in [2.75, 3.05) is 6.61 Å². The number of halogens is 1. The summed E-state index contributed by atoms with van der Waals surface area (Å²) in [6.45, 7) is 7.78. The number of hydrogen-bond donors (Lipinski definition) is 0. The molecule has 1 nitrogen and oxygen atoms in total. The fourth-order valence-corrected chi connectivity index (χ4v) is 3.21. The Bertz CT molecular complexity index is 136. The summed E-state index contributed by atoms with van der Waals surface area (Å²) in [4.78, 5) is 0. The van der Waals surface area contributed by atoms with Crippen molar-refractivity contribution in [1.29, 1.82) is 0 Å². The standard InChI is InChI=1S/C10H19IO/c1-4-8-9(11)5-6-12-10(8)7(2)3/h7-10H,4-6H2,1-3H3/t8?,9-,10-/m0/s1. The van der Waals surface area contributed by atoms with E-state index in [0.29, 0.717) is 12.0 Å². The van der Waals surface area contributed by atoms with Crippen molar-refractivity contribution in [1.82, 2.24) is 0 Å². The molecule has 1 heterocycles. The highest BCUT2D eigenvalue weighted by molar-refractivity contribution is 14.1. The van der Waals surface area contributed by atoms with Gasteiger partial charge in [-0.05, 0) is 24.7 Å². The van der Waals surface area contributed by atoms with Crippen molar-refractivity contribution in [3.8, 4) is 0 Å². The molecule has 0 spiro atoms. The first-order valence-electron chi connectivity index (χ1n) is 4.92. The summed E-state index contributed by atoms with van der Waals surface area (Å²) in [5, 5.41) is 0. The highest BCUT2D eigenvalue weighted by atomic mass is 127. The van der Waals surface area contributed by atoms with Crippen LogP contribution in [0.4, 0.5) is 0 Å². The van der Waals surface area contributed by atoms with Crippen molar-refractivity contribution in [3.05, 3.63) is 0 Å². The molecule has 1 aliphatic heterocycles. The van der Waals surface area contributed by atoms with Crippen LogP contribution in [0.3, 0.4) is 0 Å². The van der Waals surface area contributed by atoms with E-state index in [9.17, 15) is 0 Å². The first-order chi connectivity index (χ1) is 5.66. The van der Waals surface area contributed by atoms with E-state index in [2.05, 4.69) is 43.4 Å². The first kappa shape index (κ1) is 10.8. The summed E-state index contributed by atoms with van der Waals surface area (Å²) in [6, 6.07) is 0. The van der Waals surface area contributed by atoms with Gasteiger partial charge in [-0.3, -0.25) is 0 Å². The molecule has 0 bridgehead atoms. The number of ether oxygens (including phenoxy) is 1. The molecular formula is C10H19IO. The molecule has 12 heavy (non-hydrogen) atoms. The van der Waals surface area contributed by atoms with Crippen molar-refractivity contribution >= 4 is 22.6 Å². The molecule has 0 aromatic heterocycles. The van der Waals surface area contributed by atoms with Gasteiger partial charge in [-0.2, -0.15) is 0 Å². The largest absolute Gasteiger partial charge is 0.378 e. The molecule has 0 amide bonds. The number of alkyl halides is 1. The fourth-order valence-electron chi connectivity index (χ4n) is 2.04. The summed E-state index contributed by atoms with van der Waals surface area (Å²) >= 11 is 2.59. The Kier molecular flexibility index (Phi) is 4.30. The lowest BCUT2D eigenvalue weighted by atomic mass is 9.86. The van der Waals surface area contributed by atoms with E-state index >= 15 is 0 Å². The molecule has 0 N–H and O–H groups in total. The third-order valence-electron chi connectivity index (χ3n) is 2.72. The van der Waals surface area contributed by atoms with Crippen LogP contribution in [0, 0.1) is 11.8 Å². The lowest BCUT2D eigenvalue weighted by Crippen LogP contribution is -2.39. The Morgan fingerprint density at radius 2 is 2.17 bits per heavy atom. The zero-order valence-electron chi connectivity index (χ0n) is 8.22. The second-order valence-electron chi connectivity index (χ2n) is 3.96. The van der Waals surface area contributed by atoms with Gasteiger partial charge in [0.2, 0.25) is 0 Å². The lowest BCUT2D eigenvalue weighted by molar-refractivity contribution is -0.0474. The van der Waals surface area contributed by atoms with E-state index in [1.807, 2.05) is 0 Å². The zero-order chi connectivity index (χ0) is 9.14. The van der Waals surface area contributed by atoms with Gasteiger partial charge in [0, 0.05) is 10.5 Å². The normalized spacial score (nSPS) is 37.2. The molecule has 1 rings (SSSR count). The molecule has 3 atom stereocenters. The van der Waals surface area contributed by atoms with Gasteiger partial charge >= 0.3 is 0 Å². The topological polar surface area (TPSA) is 9.23 Å². The minimum absolute atomic E-state index is 0.505. The number of hydrogen-bond acceptors (Lipinski definition) is 1. The highest BCUT2D eigenvalue weighted by Gasteiger charge is 2.32. The summed E-state index contributed by atoms with van der Waals surface area (Å²) in [7, 11) is 0. The second-order valence-corrected chi connectivity index (χ2v) is 5.56. The predicted molar refractivity (Wildman–Crippen MR) is 60.8 cm³/mol. The van der Waals surface area contributed by atoms with Crippen LogP contribution in [-0.4, -0.2) is 16.6 Å². The molecule has 1 aliphatic rings. The molecule has 1 unspecified atom stereocenters. The maximum absolute atomic E-state index is 5.81. The van der Waals surface area contributed by atoms with Crippen LogP contribution in [0.2, 0.25) is 0 Å². The van der Waals surface area contributed by atoms with E-state index in [0.717, 1.165) is 16.4 Å². The van der Waals surface area contributed by atoms with Crippen LogP contribution in [0.25, 0.3) is 0 Å². The Hall–Kier alpha value is 0.690. The Morgan fingerprint density at radius 3 is 2.58 bits per heavy atom. The maximum Gasteiger partial charge on any atom is 0.0636 e. The SMILES string of the molecule is CCC1[C@H](C(C)C)OCC[C@@H]1I. The summed E-state index contributed by atoms with van der Waals surface area (Å²) in [6.07, 6.45) is 3.00.